The number of halogens is 9. The average molecular weight is 2390 g/mol. The number of hydrogen-bond acceptors (Lipinski definition) is 22. The Labute approximate surface area is 771 Å². The van der Waals surface area contributed by atoms with Gasteiger partial charge in [-0.2, -0.15) is 25.3 Å². The van der Waals surface area contributed by atoms with Crippen LogP contribution in [0.1, 0.15) is 217 Å². The number of fused-ring (bicyclic) bond motifs is 6. The van der Waals surface area contributed by atoms with Gasteiger partial charge in [0.1, 0.15) is 27.8 Å². The molecule has 18 rings (SSSR count). The van der Waals surface area contributed by atoms with E-state index < -0.39 is 0 Å². The Morgan fingerprint density at radius 1 is 0.500 bits per heavy atom. The topological polar surface area (TPSA) is 316 Å². The zero-order valence-electron chi connectivity index (χ0n) is 70.4. The molecule has 120 heavy (non-hydrogen) atoms. The van der Waals surface area contributed by atoms with Crippen molar-refractivity contribution in [2.45, 2.75) is 281 Å². The molecule has 6 aromatic rings. The average Bonchev–Trinajstić information content (AvgIpc) is 1.73. The molecule has 12 aliphatic rings. The number of aromatic nitrogens is 12. The fraction of sp³-hybridized carbons (Fsp3) is 0.659. The molecule has 15 heterocycles. The van der Waals surface area contributed by atoms with Crippen molar-refractivity contribution in [3.05, 3.63) is 92.4 Å². The Morgan fingerprint density at radius 3 is 1.23 bits per heavy atom. The summed E-state index contributed by atoms with van der Waals surface area (Å²) in [5, 5.41) is 34.9. The summed E-state index contributed by atoms with van der Waals surface area (Å²) in [6.45, 7) is 16.9. The molecule has 38 heteroatoms. The maximum atomic E-state index is 13.1. The van der Waals surface area contributed by atoms with E-state index in [-0.39, 0.29) is 44.5 Å². The molecule has 0 aromatic carbocycles. The summed E-state index contributed by atoms with van der Waals surface area (Å²) >= 11 is 28.2. The first-order valence-electron chi connectivity index (χ1n) is 42.5. The first kappa shape index (κ1) is 94.5. The quantitative estimate of drug-likeness (QED) is 0.0162. The molecule has 6 aromatic heterocycles. The number of piperidine rings is 6. The van der Waals surface area contributed by atoms with Gasteiger partial charge in [0.15, 0.2) is 17.5 Å². The van der Waals surface area contributed by atoms with E-state index in [1.165, 1.54) is 94.5 Å². The molecule has 3 unspecified atom stereocenters. The normalized spacial score (nSPS) is 25.2. The second kappa shape index (κ2) is 43.8. The fourth-order valence-corrected chi connectivity index (χ4v) is 18.4. The van der Waals surface area contributed by atoms with Gasteiger partial charge in [0.2, 0.25) is 34.9 Å². The SMILES string of the molecule is CC1(C)OB(C2=CCOCC2)OC1(C)C.CNC1C[C@H]2CCC[C@@H](C1)N2C(=O)CC1CC1.Cc1cc(Nc2cc(C3=CCOCC3)nc(N(C)C3C[C@H]4CCC[C@@H](C3)N4C(=O)CC3CC3)n2)n[nH]1.Cc1cc(Nc2cc(Cl)nc(Cl)n2)n[nH]1.Cc1cc(Nc2cc(Cl)nc(N(C)C3C[C@H]4CCC[C@@H](C3)N4C(=O)CC3CC3)n2)n[nH]1.II(I)I(I)I. The molecular weight excluding hydrogens is 2270 g/mol. The molecule has 28 nitrogen and oxygen atoms in total. The van der Waals surface area contributed by atoms with E-state index in [4.69, 9.17) is 68.5 Å². The summed E-state index contributed by atoms with van der Waals surface area (Å²) in [5.41, 5.74) is 5.77. The van der Waals surface area contributed by atoms with Crippen LogP contribution in [-0.4, -0.2) is 213 Å². The van der Waals surface area contributed by atoms with Crippen LogP contribution in [0.2, 0.25) is 15.6 Å². The van der Waals surface area contributed by atoms with Gasteiger partial charge in [-0.25, -0.2) is 19.9 Å². The zero-order valence-corrected chi connectivity index (χ0v) is 85.6. The number of amides is 3. The number of anilines is 8. The summed E-state index contributed by atoms with van der Waals surface area (Å²) in [6.07, 6.45) is 32.6. The van der Waals surface area contributed by atoms with Gasteiger partial charge < -0.3 is 64.5 Å². The number of aromatic amines is 3. The van der Waals surface area contributed by atoms with Gasteiger partial charge in [0.05, 0.1) is 43.3 Å². The number of nitrogens with one attached hydrogen (secondary N) is 7. The van der Waals surface area contributed by atoms with Crippen molar-refractivity contribution < 1.29 is 33.2 Å². The third kappa shape index (κ3) is 26.8. The minimum atomic E-state index is -0.314. The molecular formula is C82H117BCl3I6N21O7. The van der Waals surface area contributed by atoms with Gasteiger partial charge in [0, 0.05) is 141 Å². The standard InChI is InChI=1S/C27H37N7O2.C22H30ClN7O.C14H24N2O.C11H19BO3.C8H7Cl2N5.I6/c1-17-12-25(32-31-17)29-24-16-23(19-8-10-36-11-9-19)28-27(30-24)33(2)22-14-20-4-3-5-21(15-22)34(20)26(35)13-18-6-7-18;1-13-8-20(28-27-13)25-19-12-18(23)24-22(26-19)29(2)17-10-15-4-3-5-16(11-17)30(15)21(31)9-14-6-7-14;1-15-11-8-12-3-2-4-13(9-11)16(12)14(17)7-10-5-6-10;1-10(2)11(3,4)15-12(14-10)9-5-7-13-8-6-9;1-4-2-7(15-14-4)12-6-3-5(9)11-8(10)13-6;1-5(2)6(3)4/h8,12,16,18,20-22H,3-7,9-11,13-15H2,1-2H3,(H2,28,29,30,31,32);8,12,14-17H,3-7,9-11H2,1-2H3,(H2,24,25,26,27,28);10-13,15H,2-9H2,1H3;5H,6-8H2,1-4H3;2-3H,1H3,(H2,11,12,13,14,15);/t20-,21+,22?;15-,16+,17?;11?,12-,13+;;;. The second-order valence-electron chi connectivity index (χ2n) is 34.9. The van der Waals surface area contributed by atoms with Crippen LogP contribution in [0.3, 0.4) is 0 Å². The number of aryl methyl sites for hydroxylation is 3. The molecule has 3 amide bonds. The molecule has 3 aliphatic carbocycles. The number of ether oxygens (including phenoxy) is 2. The van der Waals surface area contributed by atoms with Gasteiger partial charge in [-0.1, -0.05) is 35.4 Å². The predicted molar refractivity (Wildman–Crippen MR) is 530 cm³/mol. The Hall–Kier alpha value is -3.13. The molecule has 3 saturated carbocycles. The molecule has 0 radical (unpaired) electrons. The van der Waals surface area contributed by atoms with Crippen LogP contribution >= 0.6 is 125 Å². The molecule has 0 spiro atoms. The Morgan fingerprint density at radius 2 is 0.875 bits per heavy atom. The third-order valence-electron chi connectivity index (χ3n) is 25.2. The van der Waals surface area contributed by atoms with E-state index in [1.54, 1.807) is 12.1 Å². The summed E-state index contributed by atoms with van der Waals surface area (Å²) in [7, 11) is 5.40. The van der Waals surface area contributed by atoms with Crippen LogP contribution in [0, 0.1) is 38.5 Å². The Balaban J connectivity index is 0.000000133. The van der Waals surface area contributed by atoms with Gasteiger partial charge in [-0.3, -0.25) is 29.7 Å². The van der Waals surface area contributed by atoms with Crippen molar-refractivity contribution in [3.8, 4) is 0 Å². The number of nitrogens with zero attached hydrogens (tertiary/aromatic N) is 14. The van der Waals surface area contributed by atoms with E-state index in [1.807, 2.05) is 52.1 Å². The summed E-state index contributed by atoms with van der Waals surface area (Å²) in [5.74, 6) is 8.48. The van der Waals surface area contributed by atoms with Crippen LogP contribution in [0.15, 0.2) is 54.0 Å². The molecule has 7 saturated heterocycles. The fourth-order valence-electron chi connectivity index (χ4n) is 17.8. The van der Waals surface area contributed by atoms with Gasteiger partial charge >= 0.3 is 97.4 Å². The number of hydrogen-bond donors (Lipinski definition) is 7. The van der Waals surface area contributed by atoms with E-state index in [0.29, 0.717) is 138 Å². The van der Waals surface area contributed by atoms with Crippen LogP contribution in [0.4, 0.5) is 46.8 Å². The van der Waals surface area contributed by atoms with Gasteiger partial charge in [-0.05, 0) is 244 Å². The van der Waals surface area contributed by atoms with Crippen molar-refractivity contribution >= 4 is 202 Å². The summed E-state index contributed by atoms with van der Waals surface area (Å²) < 4.78 is 22.7. The van der Waals surface area contributed by atoms with Gasteiger partial charge in [-0.15, -0.1) is 0 Å². The maximum absolute atomic E-state index is 13.1. The second-order valence-corrected chi connectivity index (χ2v) is 133. The molecule has 658 valence electrons. The molecule has 9 aliphatic heterocycles. The monoisotopic (exact) mass is 2390 g/mol. The van der Waals surface area contributed by atoms with E-state index >= 15 is 0 Å². The number of H-pyrrole nitrogens is 3. The van der Waals surface area contributed by atoms with Gasteiger partial charge in [0.25, 0.3) is 0 Å². The van der Waals surface area contributed by atoms with Crippen molar-refractivity contribution in [3.63, 3.8) is 0 Å². The minimum absolute atomic E-state index is 0.0947. The number of rotatable bonds is 20. The third-order valence-corrected chi connectivity index (χ3v) is 191. The Bertz CT molecular complexity index is 4420. The van der Waals surface area contributed by atoms with Crippen molar-refractivity contribution in [2.24, 2.45) is 17.8 Å². The van der Waals surface area contributed by atoms with Crippen LogP contribution < -0.4 is 31.1 Å². The first-order chi connectivity index (χ1) is 57.5. The first-order valence-corrected chi connectivity index (χ1v) is 75.1. The summed E-state index contributed by atoms with van der Waals surface area (Å²) in [6, 6.07) is 14.6. The van der Waals surface area contributed by atoms with Crippen molar-refractivity contribution in [1.82, 2.24) is 80.5 Å². The van der Waals surface area contributed by atoms with Crippen molar-refractivity contribution in [2.75, 3.05) is 73.3 Å². The van der Waals surface area contributed by atoms with Crippen LogP contribution in [0.25, 0.3) is 5.57 Å². The van der Waals surface area contributed by atoms with Crippen molar-refractivity contribution in [1.29, 1.82) is 0 Å². The number of carbonyl (C=O) groups is 3. The van der Waals surface area contributed by atoms with E-state index in [9.17, 15) is 14.4 Å². The zero-order chi connectivity index (χ0) is 85.1. The molecule has 9 atom stereocenters. The summed E-state index contributed by atoms with van der Waals surface area (Å²) in [4.78, 5) is 76.3. The number of carbonyl (C=O) groups excluding carboxylic acids is 3. The van der Waals surface area contributed by atoms with Crippen LogP contribution in [0.5, 0.6) is 0 Å². The predicted octanol–water partition coefficient (Wildman–Crippen LogP) is 20.0. The van der Waals surface area contributed by atoms with Crippen LogP contribution in [-0.2, 0) is 33.2 Å². The van der Waals surface area contributed by atoms with E-state index in [0.717, 1.165) is 136 Å². The molecule has 10 fully saturated rings. The van der Waals surface area contributed by atoms with E-state index in [2.05, 4.69) is 220 Å². The molecule has 7 N–H and O–H groups in total. The Kier molecular flexibility index (Phi) is 34.5. The molecule has 6 bridgehead atoms.